The fraction of sp³-hybridized carbons (Fsp3) is 0.611. The highest BCUT2D eigenvalue weighted by atomic mass is 16.4. The van der Waals surface area contributed by atoms with Gasteiger partial charge in [0.05, 0.1) is 32.2 Å². The molecule has 23 N–H and O–H groups in total. The number of carboxylic acid groups (broad SMARTS) is 3. The molecule has 0 aliphatic rings. The molecule has 11 atom stereocenters. The summed E-state index contributed by atoms with van der Waals surface area (Å²) in [6, 6.07) is -12.0. The van der Waals surface area contributed by atoms with Gasteiger partial charge in [0.25, 0.3) is 0 Å². The van der Waals surface area contributed by atoms with Gasteiger partial charge >= 0.3 is 17.9 Å². The Morgan fingerprint density at radius 2 is 0.944 bits per heavy atom. The number of hydrogen-bond donors (Lipinski definition) is 20. The number of rotatable bonds is 42. The van der Waals surface area contributed by atoms with Crippen molar-refractivity contribution in [3.63, 3.8) is 0 Å². The highest BCUT2D eigenvalue weighted by Gasteiger charge is 2.36. The number of phenols is 1. The molecule has 0 heterocycles. The number of nitrogens with two attached hydrogens (primary N) is 3. The predicted molar refractivity (Wildman–Crippen MR) is 310 cm³/mol. The van der Waals surface area contributed by atoms with Crippen molar-refractivity contribution in [3.05, 3.63) is 29.8 Å². The summed E-state index contributed by atoms with van der Waals surface area (Å²) < 4.78 is 0. The third-order valence-corrected chi connectivity index (χ3v) is 13.1. The number of hydrogen-bond acceptors (Lipinski definition) is 20. The van der Waals surface area contributed by atoms with Crippen molar-refractivity contribution in [1.82, 2.24) is 58.5 Å². The number of carboxylic acids is 3. The summed E-state index contributed by atoms with van der Waals surface area (Å²) in [7, 11) is 0. The highest BCUT2D eigenvalue weighted by molar-refractivity contribution is 5.99. The lowest BCUT2D eigenvalue weighted by Gasteiger charge is -2.28. The topological polar surface area (TPSA) is 588 Å². The van der Waals surface area contributed by atoms with E-state index >= 15 is 0 Å². The Kier molecular flexibility index (Phi) is 34.7. The van der Waals surface area contributed by atoms with Gasteiger partial charge in [-0.3, -0.25) is 67.1 Å². The lowest BCUT2D eigenvalue weighted by molar-refractivity contribution is -0.142. The number of aromatic hydroxyl groups is 1. The minimum atomic E-state index is -1.90. The number of aliphatic hydroxyl groups is 2. The first-order chi connectivity index (χ1) is 41.6. The van der Waals surface area contributed by atoms with Crippen molar-refractivity contribution in [2.24, 2.45) is 29.0 Å². The quantitative estimate of drug-likeness (QED) is 0.0270. The maximum absolute atomic E-state index is 14.3. The van der Waals surface area contributed by atoms with Gasteiger partial charge in [-0.15, -0.1) is 0 Å². The molecule has 35 heteroatoms. The zero-order valence-electron chi connectivity index (χ0n) is 50.3. The first kappa shape index (κ1) is 77.9. The molecule has 0 bridgehead atoms. The van der Waals surface area contributed by atoms with Crippen molar-refractivity contribution < 1.29 is 103 Å². The molecule has 0 spiro atoms. The van der Waals surface area contributed by atoms with E-state index in [1.807, 2.05) is 0 Å². The van der Waals surface area contributed by atoms with Gasteiger partial charge in [0.1, 0.15) is 66.2 Å². The van der Waals surface area contributed by atoms with E-state index in [1.54, 1.807) is 13.8 Å². The Bertz CT molecular complexity index is 2640. The van der Waals surface area contributed by atoms with Crippen LogP contribution in [0, 0.1) is 11.8 Å². The molecule has 0 unspecified atom stereocenters. The number of nitrogens with one attached hydrogen (secondary N) is 11. The standard InChI is InChI=1S/C54H86N14O21/c1-25(2)19-35(64-50(84)36(20-29-10-12-30(71)13-11-29)65-51(85)37(23-69)66-52(86)38(24-70)67-53(87)43(26(3)4)68-46(80)31(56)21-42(76)77)49(83)62-32(15-17-41(74)75)47(81)58-22-40(73)61-33(14-16-39(57)72)48(82)60-27(5)44(78)59-28(6)45(79)63-34(54(88)89)9-7-8-18-55/h10-13,25-28,31-38,43,69-71H,7-9,14-24,55-56H2,1-6H3,(H2,57,72)(H,58,81)(H,59,78)(H,60,82)(H,61,73)(H,62,83)(H,63,79)(H,64,84)(H,65,85)(H,66,86)(H,67,87)(H,68,80)(H,74,75)(H,76,77)(H,88,89)/t27-,28-,31-,32-,33-,34-,35-,36-,37-,38-,43-/m0/s1. The Hall–Kier alpha value is -9.09. The maximum Gasteiger partial charge on any atom is 0.326 e. The van der Waals surface area contributed by atoms with E-state index in [9.17, 15) is 97.5 Å². The van der Waals surface area contributed by atoms with Crippen LogP contribution in [0.15, 0.2) is 24.3 Å². The SMILES string of the molecule is CC(C)C[C@H](NC(=O)[C@H](Cc1ccc(O)cc1)NC(=O)[C@H](CO)NC(=O)[C@H](CO)NC(=O)[C@@H](NC(=O)[C@@H](N)CC(=O)O)C(C)C)C(=O)N[C@@H](CCC(=O)O)C(=O)NCC(=O)N[C@@H](CCC(N)=O)C(=O)N[C@@H](C)C(=O)N[C@@H](C)C(=O)N[C@@H](CCCCN)C(=O)O. The zero-order valence-corrected chi connectivity index (χ0v) is 50.3. The number of unbranched alkanes of at least 4 members (excludes halogenated alkanes) is 1. The Morgan fingerprint density at radius 3 is 1.45 bits per heavy atom. The summed E-state index contributed by atoms with van der Waals surface area (Å²) in [5.41, 5.74) is 16.6. The van der Waals surface area contributed by atoms with Gasteiger partial charge in [-0.1, -0.05) is 39.8 Å². The van der Waals surface area contributed by atoms with Crippen LogP contribution in [0.3, 0.4) is 0 Å². The Balaban J connectivity index is 3.35. The molecule has 498 valence electrons. The molecule has 0 fully saturated rings. The maximum atomic E-state index is 14.3. The molecule has 0 saturated heterocycles. The summed E-state index contributed by atoms with van der Waals surface area (Å²) in [5, 5.41) is 83.6. The zero-order chi connectivity index (χ0) is 67.8. The van der Waals surface area contributed by atoms with E-state index in [0.717, 1.165) is 0 Å². The van der Waals surface area contributed by atoms with E-state index in [0.29, 0.717) is 24.9 Å². The minimum Gasteiger partial charge on any atom is -0.508 e. The van der Waals surface area contributed by atoms with Gasteiger partial charge < -0.3 is 106 Å². The number of benzene rings is 1. The van der Waals surface area contributed by atoms with Crippen LogP contribution < -0.4 is 75.7 Å². The molecule has 35 nitrogen and oxygen atoms in total. The number of aliphatic carboxylic acids is 3. The van der Waals surface area contributed by atoms with Crippen LogP contribution in [0.25, 0.3) is 0 Å². The molecule has 0 aromatic heterocycles. The summed E-state index contributed by atoms with van der Waals surface area (Å²) in [6.45, 7) is 5.85. The first-order valence-electron chi connectivity index (χ1n) is 28.3. The molecule has 0 radical (unpaired) electrons. The van der Waals surface area contributed by atoms with Crippen LogP contribution in [0.4, 0.5) is 0 Å². The van der Waals surface area contributed by atoms with Crippen LogP contribution >= 0.6 is 0 Å². The third-order valence-electron chi connectivity index (χ3n) is 13.1. The Labute approximate surface area is 511 Å². The number of aliphatic hydroxyl groups excluding tert-OH is 2. The van der Waals surface area contributed by atoms with E-state index in [1.165, 1.54) is 52.0 Å². The van der Waals surface area contributed by atoms with Gasteiger partial charge in [-0.25, -0.2) is 4.79 Å². The lowest BCUT2D eigenvalue weighted by Crippen LogP contribution is -2.61. The van der Waals surface area contributed by atoms with E-state index in [4.69, 9.17) is 22.3 Å². The molecular formula is C54H86N14O21. The van der Waals surface area contributed by atoms with Gasteiger partial charge in [0.15, 0.2) is 0 Å². The van der Waals surface area contributed by atoms with Crippen molar-refractivity contribution in [3.8, 4) is 5.75 Å². The second-order valence-corrected chi connectivity index (χ2v) is 21.5. The minimum absolute atomic E-state index is 0.0619. The fourth-order valence-corrected chi connectivity index (χ4v) is 8.05. The van der Waals surface area contributed by atoms with Crippen molar-refractivity contribution in [1.29, 1.82) is 0 Å². The smallest absolute Gasteiger partial charge is 0.326 e. The molecule has 12 amide bonds. The normalized spacial score (nSPS) is 14.7. The van der Waals surface area contributed by atoms with Crippen LogP contribution in [0.2, 0.25) is 0 Å². The van der Waals surface area contributed by atoms with Crippen LogP contribution in [0.1, 0.15) is 105 Å². The van der Waals surface area contributed by atoms with Gasteiger partial charge in [0, 0.05) is 19.3 Å². The summed E-state index contributed by atoms with van der Waals surface area (Å²) >= 11 is 0. The number of amides is 12. The Morgan fingerprint density at radius 1 is 0.483 bits per heavy atom. The molecule has 1 rings (SSSR count). The number of carbonyl (C=O) groups excluding carboxylic acids is 12. The van der Waals surface area contributed by atoms with E-state index in [-0.39, 0.29) is 25.0 Å². The average molecular weight is 1270 g/mol. The molecule has 1 aromatic rings. The molecule has 89 heavy (non-hydrogen) atoms. The molecule has 1 aromatic carbocycles. The largest absolute Gasteiger partial charge is 0.508 e. The molecule has 0 aliphatic carbocycles. The predicted octanol–water partition coefficient (Wildman–Crippen LogP) is -7.23. The first-order valence-corrected chi connectivity index (χ1v) is 28.3. The molecule has 0 saturated carbocycles. The number of primary amides is 1. The number of carbonyl (C=O) groups is 15. The van der Waals surface area contributed by atoms with Gasteiger partial charge in [-0.2, -0.15) is 0 Å². The van der Waals surface area contributed by atoms with Crippen LogP contribution in [0.5, 0.6) is 5.75 Å². The second kappa shape index (κ2) is 39.7. The van der Waals surface area contributed by atoms with Crippen LogP contribution in [-0.4, -0.2) is 212 Å². The van der Waals surface area contributed by atoms with E-state index < -0.39 is 219 Å². The van der Waals surface area contributed by atoms with Gasteiger partial charge in [0.2, 0.25) is 70.9 Å². The lowest BCUT2D eigenvalue weighted by atomic mass is 10.00. The van der Waals surface area contributed by atoms with Crippen molar-refractivity contribution >= 4 is 88.8 Å². The van der Waals surface area contributed by atoms with Gasteiger partial charge in [-0.05, 0) is 88.4 Å². The molecular weight excluding hydrogens is 1180 g/mol. The summed E-state index contributed by atoms with van der Waals surface area (Å²) in [5.74, 6) is -18.0. The van der Waals surface area contributed by atoms with E-state index in [2.05, 4.69) is 58.5 Å². The summed E-state index contributed by atoms with van der Waals surface area (Å²) in [6.07, 6.45) is -2.60. The van der Waals surface area contributed by atoms with Crippen LogP contribution in [-0.2, 0) is 78.3 Å². The summed E-state index contributed by atoms with van der Waals surface area (Å²) in [4.78, 5) is 194. The van der Waals surface area contributed by atoms with Crippen molar-refractivity contribution in [2.45, 2.75) is 172 Å². The highest BCUT2D eigenvalue weighted by Crippen LogP contribution is 2.14. The average Bonchev–Trinajstić information content (AvgIpc) is 2.89. The fourth-order valence-electron chi connectivity index (χ4n) is 8.05. The monoisotopic (exact) mass is 1270 g/mol. The van der Waals surface area contributed by atoms with Crippen molar-refractivity contribution in [2.75, 3.05) is 26.3 Å². The molecule has 0 aliphatic heterocycles. The second-order valence-electron chi connectivity index (χ2n) is 21.5. The number of phenolic OH excluding ortho intramolecular Hbond substituents is 1. The third kappa shape index (κ3) is 29.9.